The fourth-order valence-corrected chi connectivity index (χ4v) is 4.34. The smallest absolute Gasteiger partial charge is 0.410 e. The zero-order valence-electron chi connectivity index (χ0n) is 18.9. The van der Waals surface area contributed by atoms with E-state index in [1.165, 1.54) is 32.4 Å². The largest absolute Gasteiger partial charge is 0.444 e. The van der Waals surface area contributed by atoms with Gasteiger partial charge in [-0.15, -0.1) is 0 Å². The van der Waals surface area contributed by atoms with Crippen LogP contribution in [0.4, 0.5) is 4.79 Å². The molecule has 1 aromatic rings. The highest BCUT2D eigenvalue weighted by molar-refractivity contribution is 5.92. The zero-order chi connectivity index (χ0) is 21.6. The van der Waals surface area contributed by atoms with E-state index < -0.39 is 5.60 Å². The van der Waals surface area contributed by atoms with Gasteiger partial charge in [0.2, 0.25) is 0 Å². The van der Waals surface area contributed by atoms with Crippen molar-refractivity contribution in [1.29, 1.82) is 0 Å². The maximum atomic E-state index is 12.7. The summed E-state index contributed by atoms with van der Waals surface area (Å²) in [5.74, 6) is -0.00628. The molecule has 2 fully saturated rings. The molecule has 0 aliphatic carbocycles. The van der Waals surface area contributed by atoms with Crippen LogP contribution in [-0.4, -0.2) is 71.2 Å². The van der Waals surface area contributed by atoms with Crippen LogP contribution in [0.25, 0.3) is 0 Å². The Hall–Kier alpha value is -2.02. The summed E-state index contributed by atoms with van der Waals surface area (Å²) in [4.78, 5) is 29.3. The number of ether oxygens (including phenoxy) is 1. The summed E-state index contributed by atoms with van der Waals surface area (Å²) in [6.07, 6.45) is 8.31. The SMILES string of the molecule is CC(C)(C)OC(=O)N1CCC(n2cccc2C(=O)NCCCN2CCCCC2)CC1. The van der Waals surface area contributed by atoms with Crippen molar-refractivity contribution in [1.82, 2.24) is 19.7 Å². The molecular weight excluding hydrogens is 380 g/mol. The average Bonchev–Trinajstić information content (AvgIpc) is 3.21. The maximum absolute atomic E-state index is 12.7. The van der Waals surface area contributed by atoms with Gasteiger partial charge < -0.3 is 24.4 Å². The topological polar surface area (TPSA) is 66.8 Å². The third-order valence-electron chi connectivity index (χ3n) is 5.91. The molecule has 1 N–H and O–H groups in total. The third kappa shape index (κ3) is 6.49. The van der Waals surface area contributed by atoms with Crippen molar-refractivity contribution < 1.29 is 14.3 Å². The van der Waals surface area contributed by atoms with Crippen LogP contribution in [0.5, 0.6) is 0 Å². The molecule has 0 atom stereocenters. The van der Waals surface area contributed by atoms with Crippen LogP contribution in [0.1, 0.15) is 75.8 Å². The van der Waals surface area contributed by atoms with Crippen molar-refractivity contribution in [2.45, 2.75) is 70.9 Å². The van der Waals surface area contributed by atoms with E-state index in [2.05, 4.69) is 14.8 Å². The molecule has 2 aliphatic heterocycles. The van der Waals surface area contributed by atoms with Crippen molar-refractivity contribution in [3.05, 3.63) is 24.0 Å². The summed E-state index contributed by atoms with van der Waals surface area (Å²) < 4.78 is 7.55. The molecule has 2 aliphatic rings. The quantitative estimate of drug-likeness (QED) is 0.716. The summed E-state index contributed by atoms with van der Waals surface area (Å²) in [5, 5.41) is 3.09. The number of nitrogens with one attached hydrogen (secondary N) is 1. The molecule has 0 radical (unpaired) electrons. The van der Waals surface area contributed by atoms with Gasteiger partial charge in [0.25, 0.3) is 5.91 Å². The van der Waals surface area contributed by atoms with E-state index in [1.54, 1.807) is 4.90 Å². The van der Waals surface area contributed by atoms with Crippen molar-refractivity contribution >= 4 is 12.0 Å². The number of aromatic nitrogens is 1. The average molecular weight is 419 g/mol. The van der Waals surface area contributed by atoms with Gasteiger partial charge in [-0.1, -0.05) is 6.42 Å². The lowest BCUT2D eigenvalue weighted by Crippen LogP contribution is -2.42. The minimum atomic E-state index is -0.479. The highest BCUT2D eigenvalue weighted by atomic mass is 16.6. The molecule has 0 bridgehead atoms. The van der Waals surface area contributed by atoms with Gasteiger partial charge >= 0.3 is 6.09 Å². The van der Waals surface area contributed by atoms with Crippen molar-refractivity contribution in [2.24, 2.45) is 0 Å². The monoisotopic (exact) mass is 418 g/mol. The number of amides is 2. The summed E-state index contributed by atoms with van der Waals surface area (Å²) in [6, 6.07) is 4.05. The molecule has 1 aromatic heterocycles. The Kier molecular flexibility index (Phi) is 7.81. The van der Waals surface area contributed by atoms with Gasteiger partial charge in [-0.2, -0.15) is 0 Å². The highest BCUT2D eigenvalue weighted by Gasteiger charge is 2.28. The lowest BCUT2D eigenvalue weighted by Gasteiger charge is -2.34. The molecule has 7 nitrogen and oxygen atoms in total. The molecular formula is C23H38N4O3. The maximum Gasteiger partial charge on any atom is 0.410 e. The second kappa shape index (κ2) is 10.3. The van der Waals surface area contributed by atoms with Crippen LogP contribution in [-0.2, 0) is 4.74 Å². The summed E-state index contributed by atoms with van der Waals surface area (Å²) >= 11 is 0. The lowest BCUT2D eigenvalue weighted by molar-refractivity contribution is 0.0187. The number of hydrogen-bond donors (Lipinski definition) is 1. The summed E-state index contributed by atoms with van der Waals surface area (Å²) in [5.41, 5.74) is 0.233. The van der Waals surface area contributed by atoms with Crippen LogP contribution in [0.15, 0.2) is 18.3 Å². The van der Waals surface area contributed by atoms with Crippen molar-refractivity contribution in [3.8, 4) is 0 Å². The fourth-order valence-electron chi connectivity index (χ4n) is 4.34. The van der Waals surface area contributed by atoms with Crippen molar-refractivity contribution in [3.63, 3.8) is 0 Å². The van der Waals surface area contributed by atoms with E-state index in [4.69, 9.17) is 4.74 Å². The highest BCUT2D eigenvalue weighted by Crippen LogP contribution is 2.25. The second-order valence-electron chi connectivity index (χ2n) is 9.51. The van der Waals surface area contributed by atoms with E-state index >= 15 is 0 Å². The number of rotatable bonds is 6. The van der Waals surface area contributed by atoms with Crippen LogP contribution in [0, 0.1) is 0 Å². The second-order valence-corrected chi connectivity index (χ2v) is 9.51. The molecule has 2 amide bonds. The molecule has 0 aromatic carbocycles. The van der Waals surface area contributed by atoms with Crippen LogP contribution in [0.2, 0.25) is 0 Å². The standard InChI is InChI=1S/C23H38N4O3/c1-23(2,3)30-22(29)26-17-10-19(11-18-26)27-16-7-9-20(27)21(28)24-12-8-15-25-13-5-4-6-14-25/h7,9,16,19H,4-6,8,10-15,17-18H2,1-3H3,(H,24,28). The lowest BCUT2D eigenvalue weighted by atomic mass is 10.0. The number of hydrogen-bond acceptors (Lipinski definition) is 4. The van der Waals surface area contributed by atoms with E-state index in [-0.39, 0.29) is 18.0 Å². The van der Waals surface area contributed by atoms with Crippen LogP contribution >= 0.6 is 0 Å². The molecule has 0 unspecified atom stereocenters. The van der Waals surface area contributed by atoms with Gasteiger partial charge in [-0.05, 0) is 84.6 Å². The van der Waals surface area contributed by atoms with Crippen LogP contribution < -0.4 is 5.32 Å². The van der Waals surface area contributed by atoms with E-state index in [1.807, 2.05) is 39.1 Å². The van der Waals surface area contributed by atoms with Gasteiger partial charge in [0.1, 0.15) is 11.3 Å². The first kappa shape index (κ1) is 22.7. The zero-order valence-corrected chi connectivity index (χ0v) is 18.9. The number of nitrogens with zero attached hydrogens (tertiary/aromatic N) is 3. The molecule has 168 valence electrons. The molecule has 3 rings (SSSR count). The van der Waals surface area contributed by atoms with E-state index in [0.717, 1.165) is 25.8 Å². The van der Waals surface area contributed by atoms with Gasteiger partial charge in [0.15, 0.2) is 0 Å². The Morgan fingerprint density at radius 2 is 1.80 bits per heavy atom. The molecule has 0 spiro atoms. The third-order valence-corrected chi connectivity index (χ3v) is 5.91. The number of piperidine rings is 2. The Bertz CT molecular complexity index is 696. The molecule has 7 heteroatoms. The number of carbonyl (C=O) groups excluding carboxylic acids is 2. The predicted octanol–water partition coefficient (Wildman–Crippen LogP) is 3.67. The number of carbonyl (C=O) groups is 2. The Morgan fingerprint density at radius 3 is 2.47 bits per heavy atom. The van der Waals surface area contributed by atoms with Gasteiger partial charge in [-0.25, -0.2) is 4.79 Å². The minimum absolute atomic E-state index is 0.00628. The molecule has 0 saturated carbocycles. The molecule has 3 heterocycles. The van der Waals surface area contributed by atoms with Crippen molar-refractivity contribution in [2.75, 3.05) is 39.3 Å². The van der Waals surface area contributed by atoms with Gasteiger partial charge in [-0.3, -0.25) is 4.79 Å². The fraction of sp³-hybridized carbons (Fsp3) is 0.739. The van der Waals surface area contributed by atoms with E-state index in [0.29, 0.717) is 25.3 Å². The molecule has 30 heavy (non-hydrogen) atoms. The van der Waals surface area contributed by atoms with E-state index in [9.17, 15) is 9.59 Å². The Balaban J connectivity index is 1.44. The first-order valence-corrected chi connectivity index (χ1v) is 11.5. The normalized spacial score (nSPS) is 19.0. The first-order chi connectivity index (χ1) is 14.3. The Morgan fingerprint density at radius 1 is 1.10 bits per heavy atom. The van der Waals surface area contributed by atoms with Crippen LogP contribution in [0.3, 0.4) is 0 Å². The number of likely N-dealkylation sites (tertiary alicyclic amines) is 2. The van der Waals surface area contributed by atoms with Gasteiger partial charge in [0, 0.05) is 31.9 Å². The predicted molar refractivity (Wildman–Crippen MR) is 118 cm³/mol. The first-order valence-electron chi connectivity index (χ1n) is 11.5. The van der Waals surface area contributed by atoms with Gasteiger partial charge in [0.05, 0.1) is 0 Å². The molecule has 2 saturated heterocycles. The summed E-state index contributed by atoms with van der Waals surface area (Å²) in [7, 11) is 0. The minimum Gasteiger partial charge on any atom is -0.444 e. The Labute approximate surface area is 180 Å². The summed E-state index contributed by atoms with van der Waals surface area (Å²) in [6.45, 7) is 11.1.